The molecule has 0 saturated carbocycles. The van der Waals surface area contributed by atoms with Crippen LogP contribution in [-0.2, 0) is 16.4 Å². The number of benzene rings is 1. The van der Waals surface area contributed by atoms with Crippen LogP contribution in [0.3, 0.4) is 0 Å². The summed E-state index contributed by atoms with van der Waals surface area (Å²) in [5.41, 5.74) is 1.63. The molecule has 2 aromatic rings. The fourth-order valence-electron chi connectivity index (χ4n) is 2.48. The van der Waals surface area contributed by atoms with Crippen LogP contribution in [0.1, 0.15) is 41.5 Å². The molecule has 24 heavy (non-hydrogen) atoms. The third-order valence-corrected chi connectivity index (χ3v) is 4.48. The Morgan fingerprint density at radius 3 is 2.00 bits per heavy atom. The Kier molecular flexibility index (Phi) is 5.21. The van der Waals surface area contributed by atoms with Crippen molar-refractivity contribution >= 4 is 12.6 Å². The van der Waals surface area contributed by atoms with Crippen LogP contribution in [0, 0.1) is 5.82 Å². The van der Waals surface area contributed by atoms with Gasteiger partial charge in [0.2, 0.25) is 0 Å². The fraction of sp³-hybridized carbons (Fsp3) is 0.500. The van der Waals surface area contributed by atoms with Crippen LogP contribution < -0.4 is 5.46 Å². The molecular formula is C18H26BFN2O2. The van der Waals surface area contributed by atoms with E-state index in [2.05, 4.69) is 5.10 Å². The highest BCUT2D eigenvalue weighted by Gasteiger charge is 2.52. The van der Waals surface area contributed by atoms with Gasteiger partial charge in [-0.05, 0) is 52.0 Å². The van der Waals surface area contributed by atoms with Crippen molar-refractivity contribution in [1.82, 2.24) is 9.78 Å². The molecule has 1 fully saturated rings. The lowest BCUT2D eigenvalue weighted by Gasteiger charge is -2.32. The van der Waals surface area contributed by atoms with Crippen LogP contribution >= 0.6 is 0 Å². The monoisotopic (exact) mass is 332 g/mol. The van der Waals surface area contributed by atoms with E-state index in [0.29, 0.717) is 0 Å². The highest BCUT2D eigenvalue weighted by atomic mass is 19.1. The molecule has 1 aromatic carbocycles. The van der Waals surface area contributed by atoms with Crippen LogP contribution in [0.2, 0.25) is 0 Å². The van der Waals surface area contributed by atoms with Gasteiger partial charge in [-0.3, -0.25) is 4.68 Å². The molecule has 0 aliphatic carbocycles. The first-order valence-corrected chi connectivity index (χ1v) is 8.35. The average Bonchev–Trinajstić information content (AvgIpc) is 3.00. The summed E-state index contributed by atoms with van der Waals surface area (Å²) >= 11 is 0. The number of hydrogen-bond acceptors (Lipinski definition) is 3. The lowest BCUT2D eigenvalue weighted by molar-refractivity contribution is 0.00578. The Morgan fingerprint density at radius 2 is 1.50 bits per heavy atom. The van der Waals surface area contributed by atoms with Crippen LogP contribution in [0.5, 0.6) is 0 Å². The second-order valence-corrected chi connectivity index (χ2v) is 6.70. The van der Waals surface area contributed by atoms with E-state index in [1.807, 2.05) is 54.8 Å². The maximum absolute atomic E-state index is 13.1. The summed E-state index contributed by atoms with van der Waals surface area (Å²) in [7, 11) is 1.36. The molecule has 1 saturated heterocycles. The number of aromatic nitrogens is 2. The van der Waals surface area contributed by atoms with E-state index >= 15 is 0 Å². The highest BCUT2D eigenvalue weighted by molar-refractivity contribution is 6.63. The Hall–Kier alpha value is -1.66. The summed E-state index contributed by atoms with van der Waals surface area (Å²) in [6.45, 7) is 12.1. The first-order chi connectivity index (χ1) is 11.2. The van der Waals surface area contributed by atoms with E-state index < -0.39 is 18.3 Å². The Labute approximate surface area is 144 Å². The molecule has 1 aliphatic heterocycles. The molecule has 4 nitrogen and oxygen atoms in total. The predicted octanol–water partition coefficient (Wildman–Crippen LogP) is 3.55. The second-order valence-electron chi connectivity index (χ2n) is 6.70. The number of halogens is 1. The van der Waals surface area contributed by atoms with Crippen molar-refractivity contribution < 1.29 is 13.7 Å². The van der Waals surface area contributed by atoms with Crippen molar-refractivity contribution in [2.75, 3.05) is 0 Å². The molecule has 130 valence electrons. The minimum atomic E-state index is -0.487. The summed E-state index contributed by atoms with van der Waals surface area (Å²) in [4.78, 5) is 0. The van der Waals surface area contributed by atoms with Gasteiger partial charge >= 0.3 is 7.12 Å². The van der Waals surface area contributed by atoms with Crippen molar-refractivity contribution in [3.05, 3.63) is 36.3 Å². The van der Waals surface area contributed by atoms with Gasteiger partial charge in [0.25, 0.3) is 0 Å². The van der Waals surface area contributed by atoms with Crippen molar-refractivity contribution in [3.8, 4) is 11.3 Å². The summed E-state index contributed by atoms with van der Waals surface area (Å²) in [5, 5.41) is 4.48. The number of aryl methyl sites for hydroxylation is 1. The van der Waals surface area contributed by atoms with E-state index in [4.69, 9.17) is 9.31 Å². The zero-order valence-corrected chi connectivity index (χ0v) is 15.6. The van der Waals surface area contributed by atoms with Crippen molar-refractivity contribution in [2.45, 2.75) is 52.7 Å². The lowest BCUT2D eigenvalue weighted by atomic mass is 9.78. The van der Waals surface area contributed by atoms with Crippen LogP contribution in [0.15, 0.2) is 30.5 Å². The van der Waals surface area contributed by atoms with Gasteiger partial charge in [-0.15, -0.1) is 0 Å². The van der Waals surface area contributed by atoms with Gasteiger partial charge in [0.1, 0.15) is 5.82 Å². The normalized spacial score (nSPS) is 18.2. The van der Waals surface area contributed by atoms with Gasteiger partial charge in [0.15, 0.2) is 0 Å². The van der Waals surface area contributed by atoms with E-state index in [0.717, 1.165) is 16.7 Å². The second kappa shape index (κ2) is 6.69. The van der Waals surface area contributed by atoms with Gasteiger partial charge in [-0.2, -0.15) is 5.10 Å². The van der Waals surface area contributed by atoms with E-state index in [9.17, 15) is 4.39 Å². The van der Waals surface area contributed by atoms with E-state index in [-0.39, 0.29) is 5.82 Å². The van der Waals surface area contributed by atoms with Crippen LogP contribution in [0.25, 0.3) is 11.3 Å². The Morgan fingerprint density at radius 1 is 1.00 bits per heavy atom. The lowest BCUT2D eigenvalue weighted by Crippen LogP contribution is -2.41. The first kappa shape index (κ1) is 18.7. The SMILES string of the molecule is CC.Cn1cc(B2OC(C)(C)C(C)(C)O2)c(-c2ccc(F)cc2)n1. The first-order valence-electron chi connectivity index (χ1n) is 8.35. The minimum absolute atomic E-state index is 0.267. The largest absolute Gasteiger partial charge is 0.498 e. The van der Waals surface area contributed by atoms with Gasteiger partial charge in [0, 0.05) is 24.3 Å². The molecule has 3 rings (SSSR count). The number of rotatable bonds is 2. The number of hydrogen-bond donors (Lipinski definition) is 0. The zero-order chi connectivity index (χ0) is 18.1. The van der Waals surface area contributed by atoms with Gasteiger partial charge in [0.05, 0.1) is 16.9 Å². The topological polar surface area (TPSA) is 36.3 Å². The molecule has 0 unspecified atom stereocenters. The number of nitrogens with zero attached hydrogens (tertiary/aromatic N) is 2. The molecule has 2 heterocycles. The molecule has 0 N–H and O–H groups in total. The summed E-state index contributed by atoms with van der Waals surface area (Å²) in [6, 6.07) is 6.29. The average molecular weight is 332 g/mol. The summed E-state index contributed by atoms with van der Waals surface area (Å²) in [6.07, 6.45) is 1.89. The molecular weight excluding hydrogens is 306 g/mol. The van der Waals surface area contributed by atoms with Crippen LogP contribution in [-0.4, -0.2) is 28.1 Å². The zero-order valence-electron chi connectivity index (χ0n) is 15.6. The van der Waals surface area contributed by atoms with Crippen LogP contribution in [0.4, 0.5) is 4.39 Å². The van der Waals surface area contributed by atoms with Crippen molar-refractivity contribution in [1.29, 1.82) is 0 Å². The summed E-state index contributed by atoms with van der Waals surface area (Å²) in [5.74, 6) is -0.267. The maximum Gasteiger partial charge on any atom is 0.498 e. The smallest absolute Gasteiger partial charge is 0.399 e. The molecule has 0 atom stereocenters. The van der Waals surface area contributed by atoms with Crippen molar-refractivity contribution in [3.63, 3.8) is 0 Å². The minimum Gasteiger partial charge on any atom is -0.399 e. The van der Waals surface area contributed by atoms with E-state index in [1.165, 1.54) is 12.1 Å². The molecule has 1 aliphatic rings. The molecule has 0 radical (unpaired) electrons. The molecule has 0 amide bonds. The molecule has 6 heteroatoms. The van der Waals surface area contributed by atoms with Gasteiger partial charge < -0.3 is 9.31 Å². The molecule has 0 spiro atoms. The molecule has 1 aromatic heterocycles. The highest BCUT2D eigenvalue weighted by Crippen LogP contribution is 2.37. The van der Waals surface area contributed by atoms with Gasteiger partial charge in [-0.25, -0.2) is 4.39 Å². The van der Waals surface area contributed by atoms with Crippen molar-refractivity contribution in [2.24, 2.45) is 7.05 Å². The predicted molar refractivity (Wildman–Crippen MR) is 95.7 cm³/mol. The fourth-order valence-corrected chi connectivity index (χ4v) is 2.48. The quantitative estimate of drug-likeness (QED) is 0.789. The van der Waals surface area contributed by atoms with E-state index in [1.54, 1.807) is 16.8 Å². The summed E-state index contributed by atoms with van der Waals surface area (Å²) < 4.78 is 27.1. The standard InChI is InChI=1S/C16H20BFN2O2.C2H6/c1-15(2)16(3,4)22-17(21-15)13-10-20(5)19-14(13)11-6-8-12(18)9-7-11;1-2/h6-10H,1-5H3;1-2H3. The van der Waals surface area contributed by atoms with Gasteiger partial charge in [-0.1, -0.05) is 13.8 Å². The maximum atomic E-state index is 13.1. The molecule has 0 bridgehead atoms. The third kappa shape index (κ3) is 3.40. The Bertz CT molecular complexity index is 680. The third-order valence-electron chi connectivity index (χ3n) is 4.48. The Balaban J connectivity index is 0.00000100.